The summed E-state index contributed by atoms with van der Waals surface area (Å²) < 4.78 is 32.3. The van der Waals surface area contributed by atoms with E-state index in [4.69, 9.17) is 4.74 Å². The number of hydrogen-bond acceptors (Lipinski definition) is 2. The van der Waals surface area contributed by atoms with E-state index in [-0.39, 0.29) is 11.0 Å². The van der Waals surface area contributed by atoms with Crippen LogP contribution in [-0.4, -0.2) is 25.7 Å². The summed E-state index contributed by atoms with van der Waals surface area (Å²) in [5, 5.41) is 2.86. The minimum absolute atomic E-state index is 0.00872. The Balaban J connectivity index is 1.80. The predicted molar refractivity (Wildman–Crippen MR) is 91.5 cm³/mol. The number of halogens is 2. The lowest BCUT2D eigenvalue weighted by molar-refractivity contribution is 0.0936. The predicted octanol–water partition coefficient (Wildman–Crippen LogP) is 3.83. The Morgan fingerprint density at radius 1 is 1.04 bits per heavy atom. The maximum Gasteiger partial charge on any atom is 0.251 e. The average Bonchev–Trinajstić information content (AvgIpc) is 2.86. The zero-order chi connectivity index (χ0) is 17.7. The van der Waals surface area contributed by atoms with Gasteiger partial charge in [0.2, 0.25) is 0 Å². The summed E-state index contributed by atoms with van der Waals surface area (Å²) in [6.45, 7) is 1.73. The van der Waals surface area contributed by atoms with E-state index in [0.717, 1.165) is 43.0 Å². The van der Waals surface area contributed by atoms with E-state index in [9.17, 15) is 13.6 Å². The SMILES string of the molecule is O=C(NC[C@@]1(c2ccccc2)CCCOCC1)c1cc(F)cc(F)c1. The smallest absolute Gasteiger partial charge is 0.251 e. The fourth-order valence-corrected chi connectivity index (χ4v) is 3.40. The first kappa shape index (κ1) is 17.5. The molecule has 2 aromatic carbocycles. The molecule has 0 aliphatic carbocycles. The van der Waals surface area contributed by atoms with Gasteiger partial charge >= 0.3 is 0 Å². The highest BCUT2D eigenvalue weighted by Gasteiger charge is 2.33. The molecule has 0 saturated carbocycles. The Kier molecular flexibility index (Phi) is 5.43. The van der Waals surface area contributed by atoms with Gasteiger partial charge in [-0.1, -0.05) is 30.3 Å². The Morgan fingerprint density at radius 2 is 1.76 bits per heavy atom. The zero-order valence-electron chi connectivity index (χ0n) is 13.9. The van der Waals surface area contributed by atoms with Crippen molar-refractivity contribution >= 4 is 5.91 Å². The Labute approximate surface area is 146 Å². The quantitative estimate of drug-likeness (QED) is 0.914. The highest BCUT2D eigenvalue weighted by Crippen LogP contribution is 2.34. The molecule has 1 heterocycles. The minimum atomic E-state index is -0.759. The van der Waals surface area contributed by atoms with E-state index in [2.05, 4.69) is 17.4 Å². The van der Waals surface area contributed by atoms with E-state index < -0.39 is 17.5 Å². The molecule has 25 heavy (non-hydrogen) atoms. The van der Waals surface area contributed by atoms with Crippen molar-refractivity contribution in [3.63, 3.8) is 0 Å². The number of carbonyl (C=O) groups is 1. The number of nitrogens with one attached hydrogen (secondary N) is 1. The summed E-state index contributed by atoms with van der Waals surface area (Å²) >= 11 is 0. The standard InChI is InChI=1S/C20H21F2NO2/c21-17-11-15(12-18(22)13-17)19(24)23-14-20(7-4-9-25-10-8-20)16-5-2-1-3-6-16/h1-3,5-6,11-13H,4,7-10,14H2,(H,23,24)/t20-/m1/s1. The molecule has 1 aliphatic heterocycles. The van der Waals surface area contributed by atoms with Crippen LogP contribution in [0.25, 0.3) is 0 Å². The van der Waals surface area contributed by atoms with E-state index in [1.54, 1.807) is 0 Å². The van der Waals surface area contributed by atoms with E-state index in [1.807, 2.05) is 18.2 Å². The van der Waals surface area contributed by atoms with Gasteiger partial charge in [-0.05, 0) is 37.0 Å². The molecule has 1 aliphatic rings. The lowest BCUT2D eigenvalue weighted by Crippen LogP contribution is -2.41. The van der Waals surface area contributed by atoms with Crippen LogP contribution in [0.3, 0.4) is 0 Å². The first-order valence-corrected chi connectivity index (χ1v) is 8.47. The number of rotatable bonds is 4. The molecule has 1 fully saturated rings. The number of ether oxygens (including phenoxy) is 1. The Bertz CT molecular complexity index is 705. The second-order valence-corrected chi connectivity index (χ2v) is 6.45. The third kappa shape index (κ3) is 4.23. The van der Waals surface area contributed by atoms with Gasteiger partial charge in [0.1, 0.15) is 11.6 Å². The van der Waals surface area contributed by atoms with Crippen LogP contribution in [-0.2, 0) is 10.2 Å². The van der Waals surface area contributed by atoms with Gasteiger partial charge < -0.3 is 10.1 Å². The molecule has 5 heteroatoms. The first-order chi connectivity index (χ1) is 12.1. The van der Waals surface area contributed by atoms with Gasteiger partial charge in [0.15, 0.2) is 0 Å². The fourth-order valence-electron chi connectivity index (χ4n) is 3.40. The molecule has 0 radical (unpaired) electrons. The summed E-state index contributed by atoms with van der Waals surface area (Å²) in [6, 6.07) is 12.9. The van der Waals surface area contributed by atoms with Crippen LogP contribution in [0.15, 0.2) is 48.5 Å². The normalized spacial score (nSPS) is 20.7. The van der Waals surface area contributed by atoms with Crippen molar-refractivity contribution < 1.29 is 18.3 Å². The number of amides is 1. The molecule has 2 aromatic rings. The highest BCUT2D eigenvalue weighted by atomic mass is 19.1. The van der Waals surface area contributed by atoms with Gasteiger partial charge in [-0.25, -0.2) is 8.78 Å². The first-order valence-electron chi connectivity index (χ1n) is 8.47. The average molecular weight is 345 g/mol. The lowest BCUT2D eigenvalue weighted by Gasteiger charge is -2.33. The Hall–Kier alpha value is -2.27. The highest BCUT2D eigenvalue weighted by molar-refractivity contribution is 5.94. The van der Waals surface area contributed by atoms with E-state index in [0.29, 0.717) is 19.8 Å². The molecule has 0 aromatic heterocycles. The molecule has 3 nitrogen and oxygen atoms in total. The van der Waals surface area contributed by atoms with Gasteiger partial charge in [-0.15, -0.1) is 0 Å². The van der Waals surface area contributed by atoms with Crippen molar-refractivity contribution in [1.29, 1.82) is 0 Å². The largest absolute Gasteiger partial charge is 0.381 e. The Morgan fingerprint density at radius 3 is 2.48 bits per heavy atom. The van der Waals surface area contributed by atoms with Crippen molar-refractivity contribution in [2.24, 2.45) is 0 Å². The molecule has 1 amide bonds. The van der Waals surface area contributed by atoms with Gasteiger partial charge in [0, 0.05) is 36.8 Å². The molecule has 3 rings (SSSR count). The molecule has 1 saturated heterocycles. The summed E-state index contributed by atoms with van der Waals surface area (Å²) in [7, 11) is 0. The molecular weight excluding hydrogens is 324 g/mol. The van der Waals surface area contributed by atoms with Crippen molar-refractivity contribution in [1.82, 2.24) is 5.32 Å². The summed E-state index contributed by atoms with van der Waals surface area (Å²) in [5.74, 6) is -1.99. The monoisotopic (exact) mass is 345 g/mol. The van der Waals surface area contributed by atoms with Crippen LogP contribution in [0, 0.1) is 11.6 Å². The molecule has 132 valence electrons. The van der Waals surface area contributed by atoms with Gasteiger partial charge in [0.05, 0.1) is 0 Å². The molecule has 1 atom stereocenters. The molecule has 0 unspecified atom stereocenters. The molecule has 0 bridgehead atoms. The third-order valence-corrected chi connectivity index (χ3v) is 4.77. The van der Waals surface area contributed by atoms with Crippen molar-refractivity contribution in [2.45, 2.75) is 24.7 Å². The van der Waals surface area contributed by atoms with Gasteiger partial charge in [-0.3, -0.25) is 4.79 Å². The van der Waals surface area contributed by atoms with Gasteiger partial charge in [-0.2, -0.15) is 0 Å². The van der Waals surface area contributed by atoms with Crippen LogP contribution in [0.2, 0.25) is 0 Å². The second kappa shape index (κ2) is 7.74. The number of carbonyl (C=O) groups excluding carboxylic acids is 1. The third-order valence-electron chi connectivity index (χ3n) is 4.77. The number of benzene rings is 2. The maximum atomic E-state index is 13.3. The lowest BCUT2D eigenvalue weighted by atomic mass is 9.74. The van der Waals surface area contributed by atoms with Crippen molar-refractivity contribution in [3.05, 3.63) is 71.3 Å². The van der Waals surface area contributed by atoms with Crippen LogP contribution in [0.4, 0.5) is 8.78 Å². The molecular formula is C20H21F2NO2. The molecule has 0 spiro atoms. The van der Waals surface area contributed by atoms with Crippen LogP contribution < -0.4 is 5.32 Å². The van der Waals surface area contributed by atoms with Crippen molar-refractivity contribution in [2.75, 3.05) is 19.8 Å². The summed E-state index contributed by atoms with van der Waals surface area (Å²) in [4.78, 5) is 12.4. The summed E-state index contributed by atoms with van der Waals surface area (Å²) in [6.07, 6.45) is 2.57. The second-order valence-electron chi connectivity index (χ2n) is 6.45. The van der Waals surface area contributed by atoms with Crippen molar-refractivity contribution in [3.8, 4) is 0 Å². The number of hydrogen-bond donors (Lipinski definition) is 1. The van der Waals surface area contributed by atoms with Gasteiger partial charge in [0.25, 0.3) is 5.91 Å². The molecule has 1 N–H and O–H groups in total. The van der Waals surface area contributed by atoms with Crippen LogP contribution >= 0.6 is 0 Å². The fraction of sp³-hybridized carbons (Fsp3) is 0.350. The maximum absolute atomic E-state index is 13.3. The minimum Gasteiger partial charge on any atom is -0.381 e. The zero-order valence-corrected chi connectivity index (χ0v) is 13.9. The van der Waals surface area contributed by atoms with Crippen LogP contribution in [0.1, 0.15) is 35.2 Å². The topological polar surface area (TPSA) is 38.3 Å². The van der Waals surface area contributed by atoms with Crippen LogP contribution in [0.5, 0.6) is 0 Å². The summed E-state index contributed by atoms with van der Waals surface area (Å²) in [5.41, 5.74) is 0.899. The van der Waals surface area contributed by atoms with E-state index >= 15 is 0 Å². The van der Waals surface area contributed by atoms with E-state index in [1.165, 1.54) is 0 Å².